The minimum absolute atomic E-state index is 0.468. The molecule has 0 spiro atoms. The van der Waals surface area contributed by atoms with Gasteiger partial charge < -0.3 is 20.0 Å². The third kappa shape index (κ3) is 2.22. The van der Waals surface area contributed by atoms with Gasteiger partial charge in [-0.2, -0.15) is 4.98 Å². The number of benzene rings is 1. The number of rotatable bonds is 4. The molecule has 0 unspecified atom stereocenters. The third-order valence-electron chi connectivity index (χ3n) is 2.88. The van der Waals surface area contributed by atoms with Crippen LogP contribution in [-0.4, -0.2) is 26.3 Å². The second kappa shape index (κ2) is 4.60. The average molecular weight is 258 g/mol. The van der Waals surface area contributed by atoms with Gasteiger partial charge in [-0.1, -0.05) is 6.07 Å². The summed E-state index contributed by atoms with van der Waals surface area (Å²) >= 11 is 0. The van der Waals surface area contributed by atoms with Crippen molar-refractivity contribution >= 4 is 22.8 Å². The van der Waals surface area contributed by atoms with Crippen LogP contribution in [0.15, 0.2) is 28.9 Å². The number of nitrogens with zero attached hydrogens (tertiary/aromatic N) is 4. The Morgan fingerprint density at radius 3 is 3.05 bits per heavy atom. The van der Waals surface area contributed by atoms with Crippen molar-refractivity contribution in [1.82, 2.24) is 19.7 Å². The Hall–Kier alpha value is -2.57. The molecule has 0 amide bonds. The highest BCUT2D eigenvalue weighted by molar-refractivity contribution is 5.86. The zero-order valence-corrected chi connectivity index (χ0v) is 10.5. The molecule has 0 atom stereocenters. The third-order valence-corrected chi connectivity index (χ3v) is 2.88. The van der Waals surface area contributed by atoms with Gasteiger partial charge in [0.05, 0.1) is 5.69 Å². The van der Waals surface area contributed by atoms with Crippen molar-refractivity contribution in [3.05, 3.63) is 30.4 Å². The summed E-state index contributed by atoms with van der Waals surface area (Å²) in [5.41, 5.74) is 7.80. The topological polar surface area (TPSA) is 94.8 Å². The molecule has 0 fully saturated rings. The Bertz CT molecular complexity index is 701. The molecule has 0 bridgehead atoms. The van der Waals surface area contributed by atoms with Crippen LogP contribution < -0.4 is 11.1 Å². The van der Waals surface area contributed by atoms with E-state index in [9.17, 15) is 0 Å². The highest BCUT2D eigenvalue weighted by atomic mass is 16.4. The summed E-state index contributed by atoms with van der Waals surface area (Å²) in [6.07, 6.45) is 2.42. The number of hydrogen-bond donors (Lipinski definition) is 2. The standard InChI is InChI=1S/C12H14N6O/c1-18-7-15-17-10(18)5-6-14-12-16-11-8(13)3-2-4-9(11)19-12/h2-4,7H,5-6,13H2,1H3,(H,14,16). The van der Waals surface area contributed by atoms with Gasteiger partial charge >= 0.3 is 0 Å². The van der Waals surface area contributed by atoms with Crippen LogP contribution in [0.25, 0.3) is 11.1 Å². The van der Waals surface area contributed by atoms with Crippen molar-refractivity contribution in [3.8, 4) is 0 Å². The molecule has 2 heterocycles. The molecule has 19 heavy (non-hydrogen) atoms. The van der Waals surface area contributed by atoms with Crippen LogP contribution in [0.4, 0.5) is 11.7 Å². The van der Waals surface area contributed by atoms with Gasteiger partial charge in [-0.3, -0.25) is 0 Å². The minimum Gasteiger partial charge on any atom is -0.423 e. The summed E-state index contributed by atoms with van der Waals surface area (Å²) in [4.78, 5) is 4.31. The lowest BCUT2D eigenvalue weighted by Gasteiger charge is -2.00. The molecule has 3 aromatic rings. The van der Waals surface area contributed by atoms with Crippen molar-refractivity contribution in [3.63, 3.8) is 0 Å². The van der Waals surface area contributed by atoms with Gasteiger partial charge in [-0.15, -0.1) is 10.2 Å². The molecule has 1 aromatic carbocycles. The van der Waals surface area contributed by atoms with E-state index in [1.807, 2.05) is 23.7 Å². The van der Waals surface area contributed by atoms with E-state index >= 15 is 0 Å². The number of nitrogens with two attached hydrogens (primary N) is 1. The molecular formula is C12H14N6O. The molecular weight excluding hydrogens is 244 g/mol. The number of aromatic nitrogens is 4. The van der Waals surface area contributed by atoms with Gasteiger partial charge in [-0.25, -0.2) is 0 Å². The van der Waals surface area contributed by atoms with E-state index in [-0.39, 0.29) is 0 Å². The van der Waals surface area contributed by atoms with E-state index < -0.39 is 0 Å². The molecule has 0 radical (unpaired) electrons. The zero-order valence-electron chi connectivity index (χ0n) is 10.5. The van der Waals surface area contributed by atoms with Gasteiger partial charge in [-0.05, 0) is 12.1 Å². The van der Waals surface area contributed by atoms with Crippen LogP contribution in [0, 0.1) is 0 Å². The highest BCUT2D eigenvalue weighted by Crippen LogP contribution is 2.23. The fraction of sp³-hybridized carbons (Fsp3) is 0.250. The first kappa shape index (κ1) is 11.5. The fourth-order valence-electron chi connectivity index (χ4n) is 1.86. The van der Waals surface area contributed by atoms with Crippen LogP contribution in [-0.2, 0) is 13.5 Å². The second-order valence-electron chi connectivity index (χ2n) is 4.25. The summed E-state index contributed by atoms with van der Waals surface area (Å²) in [6, 6.07) is 5.95. The normalized spacial score (nSPS) is 11.0. The van der Waals surface area contributed by atoms with Crippen LogP contribution in [0.5, 0.6) is 0 Å². The predicted molar refractivity (Wildman–Crippen MR) is 71.6 cm³/mol. The summed E-state index contributed by atoms with van der Waals surface area (Å²) in [5, 5.41) is 10.9. The lowest BCUT2D eigenvalue weighted by atomic mass is 10.3. The van der Waals surface area contributed by atoms with Crippen molar-refractivity contribution in [2.24, 2.45) is 7.05 Å². The number of nitrogens with one attached hydrogen (secondary N) is 1. The number of oxazole rings is 1. The van der Waals surface area contributed by atoms with Gasteiger partial charge in [0.25, 0.3) is 6.01 Å². The summed E-state index contributed by atoms with van der Waals surface area (Å²) in [7, 11) is 1.91. The van der Waals surface area contributed by atoms with Gasteiger partial charge in [0.15, 0.2) is 5.58 Å². The molecule has 98 valence electrons. The first-order valence-corrected chi connectivity index (χ1v) is 5.96. The summed E-state index contributed by atoms with van der Waals surface area (Å²) in [5.74, 6) is 0.906. The smallest absolute Gasteiger partial charge is 0.295 e. The first-order valence-electron chi connectivity index (χ1n) is 5.96. The summed E-state index contributed by atoms with van der Waals surface area (Å²) < 4.78 is 7.43. The van der Waals surface area contributed by atoms with E-state index in [1.165, 1.54) is 0 Å². The maximum Gasteiger partial charge on any atom is 0.295 e. The molecule has 0 aliphatic carbocycles. The Morgan fingerprint density at radius 1 is 1.42 bits per heavy atom. The van der Waals surface area contributed by atoms with E-state index in [4.69, 9.17) is 10.2 Å². The van der Waals surface area contributed by atoms with Gasteiger partial charge in [0.1, 0.15) is 17.7 Å². The van der Waals surface area contributed by atoms with Crippen molar-refractivity contribution in [2.75, 3.05) is 17.6 Å². The van der Waals surface area contributed by atoms with E-state index in [0.29, 0.717) is 29.3 Å². The van der Waals surface area contributed by atoms with Crippen LogP contribution >= 0.6 is 0 Å². The molecule has 7 heteroatoms. The Labute approximate surface area is 109 Å². The Morgan fingerprint density at radius 2 is 2.32 bits per heavy atom. The Balaban J connectivity index is 1.69. The van der Waals surface area contributed by atoms with Crippen molar-refractivity contribution in [2.45, 2.75) is 6.42 Å². The van der Waals surface area contributed by atoms with Gasteiger partial charge in [0.2, 0.25) is 0 Å². The number of para-hydroxylation sites is 1. The molecule has 0 saturated carbocycles. The minimum atomic E-state index is 0.468. The zero-order chi connectivity index (χ0) is 13.2. The maximum atomic E-state index is 5.82. The molecule has 3 rings (SSSR count). The van der Waals surface area contributed by atoms with Crippen LogP contribution in [0.1, 0.15) is 5.82 Å². The second-order valence-corrected chi connectivity index (χ2v) is 4.25. The van der Waals surface area contributed by atoms with E-state index in [1.54, 1.807) is 12.4 Å². The molecule has 0 saturated heterocycles. The molecule has 3 N–H and O–H groups in total. The Kier molecular flexibility index (Phi) is 2.79. The number of anilines is 2. The maximum absolute atomic E-state index is 5.82. The predicted octanol–water partition coefficient (Wildman–Crippen LogP) is 1.19. The first-order chi connectivity index (χ1) is 9.24. The fourth-order valence-corrected chi connectivity index (χ4v) is 1.86. The largest absolute Gasteiger partial charge is 0.423 e. The molecule has 7 nitrogen and oxygen atoms in total. The number of aryl methyl sites for hydroxylation is 1. The van der Waals surface area contributed by atoms with E-state index in [2.05, 4.69) is 20.5 Å². The lowest BCUT2D eigenvalue weighted by molar-refractivity contribution is 0.613. The molecule has 2 aromatic heterocycles. The van der Waals surface area contributed by atoms with Crippen LogP contribution in [0.3, 0.4) is 0 Å². The SMILES string of the molecule is Cn1cnnc1CCNc1nc2c(N)cccc2o1. The van der Waals surface area contributed by atoms with E-state index in [0.717, 1.165) is 12.2 Å². The number of fused-ring (bicyclic) bond motifs is 1. The highest BCUT2D eigenvalue weighted by Gasteiger charge is 2.08. The summed E-state index contributed by atoms with van der Waals surface area (Å²) in [6.45, 7) is 0.666. The van der Waals surface area contributed by atoms with Crippen molar-refractivity contribution in [1.29, 1.82) is 0 Å². The average Bonchev–Trinajstić information content (AvgIpc) is 2.97. The number of nitrogen functional groups attached to an aromatic ring is 1. The molecule has 0 aliphatic rings. The number of hydrogen-bond acceptors (Lipinski definition) is 6. The monoisotopic (exact) mass is 258 g/mol. The quantitative estimate of drug-likeness (QED) is 0.683. The van der Waals surface area contributed by atoms with Crippen LogP contribution in [0.2, 0.25) is 0 Å². The molecule has 0 aliphatic heterocycles. The lowest BCUT2D eigenvalue weighted by Crippen LogP contribution is -2.08. The van der Waals surface area contributed by atoms with Crippen molar-refractivity contribution < 1.29 is 4.42 Å². The van der Waals surface area contributed by atoms with Gasteiger partial charge in [0, 0.05) is 20.0 Å².